The number of sulfonamides is 1. The highest BCUT2D eigenvalue weighted by Gasteiger charge is 2.43. The first kappa shape index (κ1) is 20.5. The van der Waals surface area contributed by atoms with Crippen molar-refractivity contribution < 1.29 is 22.7 Å². The van der Waals surface area contributed by atoms with E-state index in [-0.39, 0.29) is 17.2 Å². The number of methoxy groups -OCH3 is 2. The molecule has 4 rings (SSSR count). The Morgan fingerprint density at radius 2 is 1.83 bits per heavy atom. The van der Waals surface area contributed by atoms with Gasteiger partial charge in [-0.3, -0.25) is 4.79 Å². The van der Waals surface area contributed by atoms with E-state index in [2.05, 4.69) is 10.0 Å². The molecule has 0 atom stereocenters. The summed E-state index contributed by atoms with van der Waals surface area (Å²) in [5, 5.41) is 3.34. The second-order valence-corrected chi connectivity index (χ2v) is 9.19. The van der Waals surface area contributed by atoms with Crippen LogP contribution in [0.25, 0.3) is 0 Å². The van der Waals surface area contributed by atoms with E-state index in [0.717, 1.165) is 5.56 Å². The van der Waals surface area contributed by atoms with Crippen LogP contribution in [0, 0.1) is 0 Å². The van der Waals surface area contributed by atoms with Gasteiger partial charge in [-0.15, -0.1) is 0 Å². The van der Waals surface area contributed by atoms with E-state index in [1.807, 2.05) is 24.3 Å². The second kappa shape index (κ2) is 7.81. The lowest BCUT2D eigenvalue weighted by Gasteiger charge is -2.45. The molecule has 0 aromatic heterocycles. The number of piperidine rings is 1. The first-order chi connectivity index (χ1) is 14.4. The number of fused-ring (bicyclic) bond motifs is 1. The number of hydrogen-bond donors (Lipinski definition) is 2. The largest absolute Gasteiger partial charge is 0.497 e. The van der Waals surface area contributed by atoms with Gasteiger partial charge < -0.3 is 19.7 Å². The summed E-state index contributed by atoms with van der Waals surface area (Å²) >= 11 is 0. The number of rotatable bonds is 4. The molecule has 160 valence electrons. The fraction of sp³-hybridized carbons (Fsp3) is 0.381. The van der Waals surface area contributed by atoms with Crippen LogP contribution in [0.1, 0.15) is 18.4 Å². The van der Waals surface area contributed by atoms with E-state index in [1.54, 1.807) is 31.3 Å². The Morgan fingerprint density at radius 1 is 1.10 bits per heavy atom. The maximum atomic E-state index is 12.8. The van der Waals surface area contributed by atoms with Crippen LogP contribution in [-0.2, 0) is 21.2 Å². The maximum Gasteiger partial charge on any atom is 0.244 e. The lowest BCUT2D eigenvalue weighted by atomic mass is 9.96. The number of nitrogens with zero attached hydrogens (tertiary/aromatic N) is 1. The molecule has 2 heterocycles. The Hall–Kier alpha value is -2.78. The molecule has 8 nitrogen and oxygen atoms in total. The van der Waals surface area contributed by atoms with Crippen molar-refractivity contribution >= 4 is 21.6 Å². The van der Waals surface area contributed by atoms with Crippen LogP contribution < -0.4 is 19.5 Å². The van der Waals surface area contributed by atoms with Gasteiger partial charge in [-0.05, 0) is 18.2 Å². The zero-order valence-electron chi connectivity index (χ0n) is 17.0. The molecule has 1 spiro atoms. The van der Waals surface area contributed by atoms with Gasteiger partial charge in [-0.1, -0.05) is 18.2 Å². The Balaban J connectivity index is 1.48. The van der Waals surface area contributed by atoms with Crippen LogP contribution in [0.15, 0.2) is 47.4 Å². The summed E-state index contributed by atoms with van der Waals surface area (Å²) in [4.78, 5) is 14.8. The number of carbonyl (C=O) groups is 1. The Morgan fingerprint density at radius 3 is 2.53 bits per heavy atom. The number of hydrogen-bond acceptors (Lipinski definition) is 6. The normalized spacial score (nSPS) is 18.9. The third kappa shape index (κ3) is 3.82. The minimum absolute atomic E-state index is 0.00455. The van der Waals surface area contributed by atoms with Gasteiger partial charge in [0.15, 0.2) is 0 Å². The number of anilines is 1. The van der Waals surface area contributed by atoms with Gasteiger partial charge in [0.1, 0.15) is 22.1 Å². The van der Waals surface area contributed by atoms with Crippen molar-refractivity contribution in [2.24, 2.45) is 0 Å². The van der Waals surface area contributed by atoms with Gasteiger partial charge in [0.25, 0.3) is 0 Å². The summed E-state index contributed by atoms with van der Waals surface area (Å²) in [5.41, 5.74) is 0.532. The lowest BCUT2D eigenvalue weighted by Crippen LogP contribution is -2.62. The average Bonchev–Trinajstić information content (AvgIpc) is 2.73. The van der Waals surface area contributed by atoms with Gasteiger partial charge >= 0.3 is 0 Å². The van der Waals surface area contributed by atoms with Crippen LogP contribution >= 0.6 is 0 Å². The van der Waals surface area contributed by atoms with E-state index in [1.165, 1.54) is 6.07 Å². The molecule has 2 aliphatic heterocycles. The topological polar surface area (TPSA) is 97.0 Å². The molecule has 0 unspecified atom stereocenters. The number of benzene rings is 2. The smallest absolute Gasteiger partial charge is 0.244 e. The van der Waals surface area contributed by atoms with Crippen molar-refractivity contribution in [3.05, 3.63) is 48.0 Å². The number of para-hydroxylation sites is 1. The third-order valence-corrected chi connectivity index (χ3v) is 7.28. The molecule has 1 amide bonds. The predicted octanol–water partition coefficient (Wildman–Crippen LogP) is 1.97. The Bertz CT molecular complexity index is 1060. The molecule has 2 aliphatic rings. The van der Waals surface area contributed by atoms with Crippen molar-refractivity contribution in [2.75, 3.05) is 32.6 Å². The molecule has 1 saturated heterocycles. The number of carbonyl (C=O) groups excluding carboxylic acids is 1. The fourth-order valence-corrected chi connectivity index (χ4v) is 5.58. The van der Waals surface area contributed by atoms with Gasteiger partial charge in [-0.25, -0.2) is 8.42 Å². The molecule has 30 heavy (non-hydrogen) atoms. The zero-order valence-corrected chi connectivity index (χ0v) is 17.8. The van der Waals surface area contributed by atoms with Crippen molar-refractivity contribution in [1.29, 1.82) is 0 Å². The van der Waals surface area contributed by atoms with Crippen LogP contribution in [0.2, 0.25) is 0 Å². The molecule has 1 fully saturated rings. The summed E-state index contributed by atoms with van der Waals surface area (Å²) in [5.74, 6) is 1.26. The maximum absolute atomic E-state index is 12.8. The van der Waals surface area contributed by atoms with Gasteiger partial charge in [0, 0.05) is 37.6 Å². The minimum Gasteiger partial charge on any atom is -0.497 e. The Labute approximate surface area is 176 Å². The first-order valence-electron chi connectivity index (χ1n) is 9.76. The monoisotopic (exact) mass is 431 g/mol. The molecule has 9 heteroatoms. The molecule has 2 aromatic carbocycles. The summed E-state index contributed by atoms with van der Waals surface area (Å²) in [6.45, 7) is 0.894. The summed E-state index contributed by atoms with van der Waals surface area (Å²) in [6, 6.07) is 12.3. The third-order valence-electron chi connectivity index (χ3n) is 5.68. The summed E-state index contributed by atoms with van der Waals surface area (Å²) in [7, 11) is -0.533. The highest BCUT2D eigenvalue weighted by Crippen LogP contribution is 2.37. The molecule has 0 bridgehead atoms. The molecule has 0 aliphatic carbocycles. The van der Waals surface area contributed by atoms with E-state index < -0.39 is 15.7 Å². The molecule has 0 radical (unpaired) electrons. The van der Waals surface area contributed by atoms with Crippen LogP contribution in [0.4, 0.5) is 5.69 Å². The van der Waals surface area contributed by atoms with E-state index in [0.29, 0.717) is 43.1 Å². The van der Waals surface area contributed by atoms with Gasteiger partial charge in [0.2, 0.25) is 15.9 Å². The second-order valence-electron chi connectivity index (χ2n) is 7.54. The van der Waals surface area contributed by atoms with E-state index >= 15 is 0 Å². The van der Waals surface area contributed by atoms with Crippen molar-refractivity contribution in [2.45, 2.75) is 29.8 Å². The van der Waals surface area contributed by atoms with Crippen molar-refractivity contribution in [3.63, 3.8) is 0 Å². The highest BCUT2D eigenvalue weighted by atomic mass is 32.2. The van der Waals surface area contributed by atoms with Gasteiger partial charge in [0.05, 0.1) is 26.3 Å². The number of ether oxygens (including phenoxy) is 2. The van der Waals surface area contributed by atoms with Gasteiger partial charge in [-0.2, -0.15) is 4.72 Å². The van der Waals surface area contributed by atoms with Crippen molar-refractivity contribution in [3.8, 4) is 11.5 Å². The van der Waals surface area contributed by atoms with Crippen LogP contribution in [0.5, 0.6) is 11.5 Å². The average molecular weight is 432 g/mol. The number of amides is 1. The lowest BCUT2D eigenvalue weighted by molar-refractivity contribution is -0.132. The molecular weight excluding hydrogens is 406 g/mol. The van der Waals surface area contributed by atoms with Crippen LogP contribution in [-0.4, -0.2) is 52.2 Å². The highest BCUT2D eigenvalue weighted by molar-refractivity contribution is 7.89. The standard InChI is InChI=1S/C21H25N3O5S/c1-28-16-7-8-19-17(14-16)22-21(23-30(19,26)27)9-11-24(12-10-21)20(25)13-15-5-3-4-6-18(15)29-2/h3-8,14,22-23H,9-13H2,1-2H3. The van der Waals surface area contributed by atoms with Crippen molar-refractivity contribution in [1.82, 2.24) is 9.62 Å². The summed E-state index contributed by atoms with van der Waals surface area (Å²) < 4.78 is 38.9. The zero-order chi connectivity index (χ0) is 21.4. The number of nitrogens with one attached hydrogen (secondary N) is 2. The Kier molecular flexibility index (Phi) is 5.33. The quantitative estimate of drug-likeness (QED) is 0.768. The summed E-state index contributed by atoms with van der Waals surface area (Å²) in [6.07, 6.45) is 1.16. The molecule has 0 saturated carbocycles. The predicted molar refractivity (Wildman–Crippen MR) is 112 cm³/mol. The van der Waals surface area contributed by atoms with E-state index in [9.17, 15) is 13.2 Å². The first-order valence-corrected chi connectivity index (χ1v) is 11.2. The fourth-order valence-electron chi connectivity index (χ4n) is 4.05. The minimum atomic E-state index is -3.66. The van der Waals surface area contributed by atoms with E-state index in [4.69, 9.17) is 9.47 Å². The molecule has 2 aromatic rings. The number of likely N-dealkylation sites (tertiary alicyclic amines) is 1. The SMILES string of the molecule is COc1ccc2c(c1)NC1(CCN(C(=O)Cc3ccccc3OC)CC1)NS2(=O)=O. The van der Waals surface area contributed by atoms with Crippen LogP contribution in [0.3, 0.4) is 0 Å². The molecule has 2 N–H and O–H groups in total. The molecular formula is C21H25N3O5S.